The Hall–Kier alpha value is -2.57. The van der Waals surface area contributed by atoms with Crippen LogP contribution in [0.1, 0.15) is 74.2 Å². The normalized spacial score (nSPS) is 18.6. The van der Waals surface area contributed by atoms with Crippen molar-refractivity contribution in [2.75, 3.05) is 6.61 Å². The molecule has 1 saturated carbocycles. The molecule has 0 aromatic heterocycles. The summed E-state index contributed by atoms with van der Waals surface area (Å²) in [4.78, 5) is 12.2. The van der Waals surface area contributed by atoms with Crippen LogP contribution in [0.25, 0.3) is 0 Å². The maximum Gasteiger partial charge on any atom is 0.346 e. The highest BCUT2D eigenvalue weighted by Gasteiger charge is 2.28. The van der Waals surface area contributed by atoms with Gasteiger partial charge in [-0.1, -0.05) is 25.8 Å². The molecule has 0 unspecified atom stereocenters. The van der Waals surface area contributed by atoms with Gasteiger partial charge in [0.2, 0.25) is 11.6 Å². The number of carbonyl (C=O) groups is 1. The molecule has 0 bridgehead atoms. The van der Waals surface area contributed by atoms with Crippen molar-refractivity contribution >= 4 is 5.97 Å². The van der Waals surface area contributed by atoms with E-state index in [1.54, 1.807) is 6.92 Å². The minimum Gasteiger partial charge on any atom is -0.491 e. The number of benzene rings is 2. The number of carbonyl (C=O) groups excluding carboxylic acids is 1. The van der Waals surface area contributed by atoms with E-state index in [4.69, 9.17) is 9.47 Å². The van der Waals surface area contributed by atoms with Crippen LogP contribution in [0.3, 0.4) is 0 Å². The molecule has 1 fully saturated rings. The number of rotatable bonds is 7. The Morgan fingerprint density at radius 1 is 0.871 bits per heavy atom. The molecule has 0 saturated heterocycles. The monoisotopic (exact) mass is 438 g/mol. The number of ether oxygens (including phenoxy) is 2. The van der Waals surface area contributed by atoms with E-state index in [-0.39, 0.29) is 23.8 Å². The molecule has 0 atom stereocenters. The Labute approximate surface area is 179 Å². The average molecular weight is 438 g/mol. The first-order chi connectivity index (χ1) is 14.9. The van der Waals surface area contributed by atoms with Gasteiger partial charge in [0, 0.05) is 0 Å². The van der Waals surface area contributed by atoms with Crippen LogP contribution in [0.15, 0.2) is 24.3 Å². The lowest BCUT2D eigenvalue weighted by atomic mass is 9.77. The average Bonchev–Trinajstić information content (AvgIpc) is 2.76. The molecule has 2 aromatic rings. The molecular formula is C24H26F4O3. The Morgan fingerprint density at radius 2 is 1.52 bits per heavy atom. The van der Waals surface area contributed by atoms with E-state index in [1.165, 1.54) is 6.07 Å². The van der Waals surface area contributed by atoms with Crippen molar-refractivity contribution in [3.05, 3.63) is 58.7 Å². The third kappa shape index (κ3) is 5.02. The van der Waals surface area contributed by atoms with Crippen LogP contribution in [-0.4, -0.2) is 12.6 Å². The molecule has 2 aromatic carbocycles. The van der Waals surface area contributed by atoms with Gasteiger partial charge in [0.15, 0.2) is 23.1 Å². The second-order valence-corrected chi connectivity index (χ2v) is 7.85. The highest BCUT2D eigenvalue weighted by molar-refractivity contribution is 5.91. The molecule has 1 aliphatic carbocycles. The van der Waals surface area contributed by atoms with Crippen LogP contribution in [0.4, 0.5) is 17.6 Å². The van der Waals surface area contributed by atoms with Gasteiger partial charge in [-0.15, -0.1) is 0 Å². The summed E-state index contributed by atoms with van der Waals surface area (Å²) in [5.74, 6) is -7.02. The Morgan fingerprint density at radius 3 is 2.16 bits per heavy atom. The predicted molar refractivity (Wildman–Crippen MR) is 108 cm³/mol. The van der Waals surface area contributed by atoms with E-state index in [1.807, 2.05) is 0 Å². The van der Waals surface area contributed by atoms with E-state index >= 15 is 0 Å². The Kier molecular flexibility index (Phi) is 7.57. The van der Waals surface area contributed by atoms with Crippen molar-refractivity contribution in [2.24, 2.45) is 5.92 Å². The van der Waals surface area contributed by atoms with Crippen LogP contribution in [0, 0.1) is 29.2 Å². The first-order valence-electron chi connectivity index (χ1n) is 10.7. The zero-order valence-electron chi connectivity index (χ0n) is 17.7. The Bertz CT molecular complexity index is 937. The van der Waals surface area contributed by atoms with Gasteiger partial charge in [0.25, 0.3) is 0 Å². The van der Waals surface area contributed by atoms with Gasteiger partial charge in [-0.3, -0.25) is 0 Å². The molecule has 0 radical (unpaired) electrons. The second kappa shape index (κ2) is 10.2. The summed E-state index contributed by atoms with van der Waals surface area (Å²) >= 11 is 0. The van der Waals surface area contributed by atoms with Crippen LogP contribution >= 0.6 is 0 Å². The van der Waals surface area contributed by atoms with Crippen molar-refractivity contribution in [3.63, 3.8) is 0 Å². The zero-order chi connectivity index (χ0) is 22.5. The van der Waals surface area contributed by atoms with E-state index < -0.39 is 40.6 Å². The summed E-state index contributed by atoms with van der Waals surface area (Å²) in [6.45, 7) is 3.84. The lowest BCUT2D eigenvalue weighted by molar-refractivity contribution is 0.0720. The minimum atomic E-state index is -1.47. The van der Waals surface area contributed by atoms with Gasteiger partial charge in [-0.25, -0.2) is 13.6 Å². The van der Waals surface area contributed by atoms with Gasteiger partial charge >= 0.3 is 5.97 Å². The van der Waals surface area contributed by atoms with Gasteiger partial charge in [0.1, 0.15) is 0 Å². The fraction of sp³-hybridized carbons (Fsp3) is 0.458. The molecule has 0 spiro atoms. The molecule has 7 heteroatoms. The molecule has 3 rings (SSSR count). The molecule has 0 amide bonds. The molecule has 168 valence electrons. The summed E-state index contributed by atoms with van der Waals surface area (Å²) < 4.78 is 67.2. The highest BCUT2D eigenvalue weighted by Crippen LogP contribution is 2.40. The largest absolute Gasteiger partial charge is 0.491 e. The van der Waals surface area contributed by atoms with Gasteiger partial charge in [-0.2, -0.15) is 8.78 Å². The molecule has 0 aliphatic heterocycles. The summed E-state index contributed by atoms with van der Waals surface area (Å²) in [5.41, 5.74) is -0.482. The molecule has 0 heterocycles. The van der Waals surface area contributed by atoms with Gasteiger partial charge < -0.3 is 9.47 Å². The summed E-state index contributed by atoms with van der Waals surface area (Å²) in [6.07, 6.45) is 5.74. The van der Waals surface area contributed by atoms with Crippen LogP contribution in [0.2, 0.25) is 0 Å². The maximum absolute atomic E-state index is 14.7. The van der Waals surface area contributed by atoms with Gasteiger partial charge in [-0.05, 0) is 68.2 Å². The quantitative estimate of drug-likeness (QED) is 0.267. The standard InChI is InChI=1S/C24H26F4O3/c1-3-5-14-6-8-15(9-7-14)16-10-13-19(23(28)20(16)25)31-24(29)17-11-12-18(30-4-2)22(27)21(17)26/h10-15H,3-9H2,1-2H3. The van der Waals surface area contributed by atoms with Crippen molar-refractivity contribution in [1.82, 2.24) is 0 Å². The van der Waals surface area contributed by atoms with Gasteiger partial charge in [0.05, 0.1) is 12.2 Å². The van der Waals surface area contributed by atoms with Crippen molar-refractivity contribution < 1.29 is 31.8 Å². The minimum absolute atomic E-state index is 0.0926. The van der Waals surface area contributed by atoms with E-state index in [9.17, 15) is 22.4 Å². The number of halogens is 4. The summed E-state index contributed by atoms with van der Waals surface area (Å²) in [6, 6.07) is 4.62. The fourth-order valence-corrected chi connectivity index (χ4v) is 4.22. The molecule has 3 nitrogen and oxygen atoms in total. The predicted octanol–water partition coefficient (Wildman–Crippen LogP) is 6.93. The first-order valence-corrected chi connectivity index (χ1v) is 10.7. The first kappa shape index (κ1) is 23.1. The topological polar surface area (TPSA) is 35.5 Å². The molecule has 1 aliphatic rings. The molecule has 31 heavy (non-hydrogen) atoms. The van der Waals surface area contributed by atoms with Crippen LogP contribution in [-0.2, 0) is 0 Å². The smallest absolute Gasteiger partial charge is 0.346 e. The molecule has 0 N–H and O–H groups in total. The number of hydrogen-bond acceptors (Lipinski definition) is 3. The van der Waals surface area contributed by atoms with E-state index in [2.05, 4.69) is 6.92 Å². The second-order valence-electron chi connectivity index (χ2n) is 7.85. The summed E-state index contributed by atoms with van der Waals surface area (Å²) in [5, 5.41) is 0. The lowest BCUT2D eigenvalue weighted by Crippen LogP contribution is -2.16. The van der Waals surface area contributed by atoms with Crippen molar-refractivity contribution in [1.29, 1.82) is 0 Å². The van der Waals surface area contributed by atoms with Crippen LogP contribution in [0.5, 0.6) is 11.5 Å². The van der Waals surface area contributed by atoms with E-state index in [0.29, 0.717) is 5.92 Å². The summed E-state index contributed by atoms with van der Waals surface area (Å²) in [7, 11) is 0. The molecular weight excluding hydrogens is 412 g/mol. The third-order valence-corrected chi connectivity index (χ3v) is 5.83. The van der Waals surface area contributed by atoms with Crippen molar-refractivity contribution in [3.8, 4) is 11.5 Å². The van der Waals surface area contributed by atoms with Crippen molar-refractivity contribution in [2.45, 2.75) is 58.3 Å². The fourth-order valence-electron chi connectivity index (χ4n) is 4.22. The maximum atomic E-state index is 14.7. The number of hydrogen-bond donors (Lipinski definition) is 0. The van der Waals surface area contributed by atoms with E-state index in [0.717, 1.165) is 56.7 Å². The third-order valence-electron chi connectivity index (χ3n) is 5.83. The number of esters is 1. The zero-order valence-corrected chi connectivity index (χ0v) is 17.7. The van der Waals surface area contributed by atoms with Crippen LogP contribution < -0.4 is 9.47 Å². The SMILES string of the molecule is CCCC1CCC(c2ccc(OC(=O)c3ccc(OCC)c(F)c3F)c(F)c2F)CC1. The highest BCUT2D eigenvalue weighted by atomic mass is 19.2. The Balaban J connectivity index is 1.75. The lowest BCUT2D eigenvalue weighted by Gasteiger charge is -2.29.